The summed E-state index contributed by atoms with van der Waals surface area (Å²) < 4.78 is 9.81. The smallest absolute Gasteiger partial charge is 0.220 e. The quantitative estimate of drug-likeness (QED) is 0.556. The van der Waals surface area contributed by atoms with Crippen LogP contribution in [0, 0.1) is 10.8 Å². The molecule has 0 aromatic heterocycles. The Kier molecular flexibility index (Phi) is 3.23. The van der Waals surface area contributed by atoms with Crippen molar-refractivity contribution in [3.8, 4) is 5.75 Å². The molecule has 0 atom stereocenters. The maximum atomic E-state index is 7.48. The number of hydrogen-bond donors (Lipinski definition) is 2. The number of hydrogen-bond acceptors (Lipinski definition) is 4. The van der Waals surface area contributed by atoms with Crippen molar-refractivity contribution in [3.63, 3.8) is 0 Å². The van der Waals surface area contributed by atoms with Crippen LogP contribution in [0.3, 0.4) is 0 Å². The molecule has 1 aromatic rings. The van der Waals surface area contributed by atoms with Gasteiger partial charge in [0.05, 0.1) is 7.11 Å². The Balaban J connectivity index is 2.76. The highest BCUT2D eigenvalue weighted by atomic mass is 16.5. The Labute approximate surface area is 82.5 Å². The zero-order valence-electron chi connectivity index (χ0n) is 8.13. The Morgan fingerprint density at radius 3 is 2.14 bits per heavy atom. The second-order valence-corrected chi connectivity index (χ2v) is 2.72. The predicted molar refractivity (Wildman–Crippen MR) is 54.3 cm³/mol. The van der Waals surface area contributed by atoms with Crippen LogP contribution in [0.25, 0.3) is 0 Å². The fraction of sp³-hybridized carbons (Fsp3) is 0.200. The fourth-order valence-electron chi connectivity index (χ4n) is 0.954. The highest BCUT2D eigenvalue weighted by Gasteiger charge is 2.03. The molecule has 74 valence electrons. The lowest BCUT2D eigenvalue weighted by atomic mass is 10.2. The van der Waals surface area contributed by atoms with Crippen LogP contribution in [0.5, 0.6) is 5.75 Å². The number of benzene rings is 1. The van der Waals surface area contributed by atoms with Gasteiger partial charge in [-0.25, -0.2) is 0 Å². The van der Waals surface area contributed by atoms with Crippen LogP contribution in [-0.4, -0.2) is 18.9 Å². The van der Waals surface area contributed by atoms with E-state index in [9.17, 15) is 0 Å². The third kappa shape index (κ3) is 2.58. The van der Waals surface area contributed by atoms with Crippen molar-refractivity contribution in [2.24, 2.45) is 0 Å². The largest absolute Gasteiger partial charge is 0.497 e. The SMILES string of the molecule is COc1ccc(C(=N)OC(C)=N)cc1. The maximum Gasteiger partial charge on any atom is 0.220 e. The zero-order valence-corrected chi connectivity index (χ0v) is 8.13. The highest BCUT2D eigenvalue weighted by Crippen LogP contribution is 2.11. The van der Waals surface area contributed by atoms with Crippen LogP contribution >= 0.6 is 0 Å². The Bertz CT molecular complexity index is 344. The number of rotatable bonds is 2. The summed E-state index contributed by atoms with van der Waals surface area (Å²) >= 11 is 0. The van der Waals surface area contributed by atoms with Crippen LogP contribution < -0.4 is 4.74 Å². The van der Waals surface area contributed by atoms with E-state index in [2.05, 4.69) is 0 Å². The van der Waals surface area contributed by atoms with Crippen molar-refractivity contribution in [2.75, 3.05) is 7.11 Å². The van der Waals surface area contributed by atoms with Crippen LogP contribution in [0.2, 0.25) is 0 Å². The van der Waals surface area contributed by atoms with E-state index in [0.29, 0.717) is 5.56 Å². The van der Waals surface area contributed by atoms with Gasteiger partial charge in [-0.15, -0.1) is 0 Å². The standard InChI is InChI=1S/C10H12N2O2/c1-7(11)14-10(12)8-3-5-9(13-2)6-4-8/h3-6,11-12H,1-2H3. The summed E-state index contributed by atoms with van der Waals surface area (Å²) in [4.78, 5) is 0. The molecular weight excluding hydrogens is 180 g/mol. The van der Waals surface area contributed by atoms with E-state index in [1.807, 2.05) is 0 Å². The Morgan fingerprint density at radius 2 is 1.71 bits per heavy atom. The molecule has 0 aliphatic heterocycles. The highest BCUT2D eigenvalue weighted by molar-refractivity contribution is 5.98. The van der Waals surface area contributed by atoms with Crippen LogP contribution in [-0.2, 0) is 4.74 Å². The summed E-state index contributed by atoms with van der Waals surface area (Å²) in [6.45, 7) is 1.48. The number of nitrogens with one attached hydrogen (secondary N) is 2. The molecule has 1 aromatic carbocycles. The first-order valence-electron chi connectivity index (χ1n) is 4.09. The molecule has 14 heavy (non-hydrogen) atoms. The van der Waals surface area contributed by atoms with Gasteiger partial charge in [0.25, 0.3) is 0 Å². The van der Waals surface area contributed by atoms with Crippen molar-refractivity contribution in [1.29, 1.82) is 10.8 Å². The summed E-state index contributed by atoms with van der Waals surface area (Å²) in [5, 5.41) is 14.5. The molecule has 4 nitrogen and oxygen atoms in total. The summed E-state index contributed by atoms with van der Waals surface area (Å²) in [5.74, 6) is 0.707. The molecule has 0 unspecified atom stereocenters. The van der Waals surface area contributed by atoms with E-state index in [4.69, 9.17) is 20.3 Å². The van der Waals surface area contributed by atoms with Gasteiger partial charge in [0.2, 0.25) is 5.90 Å². The molecule has 0 saturated carbocycles. The zero-order chi connectivity index (χ0) is 10.6. The second-order valence-electron chi connectivity index (χ2n) is 2.72. The fourth-order valence-corrected chi connectivity index (χ4v) is 0.954. The molecule has 1 rings (SSSR count). The second kappa shape index (κ2) is 4.41. The number of methoxy groups -OCH3 is 1. The molecule has 0 radical (unpaired) electrons. The first-order valence-corrected chi connectivity index (χ1v) is 4.09. The van der Waals surface area contributed by atoms with Gasteiger partial charge in [0, 0.05) is 12.5 Å². The predicted octanol–water partition coefficient (Wildman–Crippen LogP) is 2.03. The maximum absolute atomic E-state index is 7.48. The third-order valence-electron chi connectivity index (χ3n) is 1.61. The van der Waals surface area contributed by atoms with Crippen molar-refractivity contribution in [2.45, 2.75) is 6.92 Å². The topological polar surface area (TPSA) is 66.2 Å². The van der Waals surface area contributed by atoms with Crippen LogP contribution in [0.4, 0.5) is 0 Å². The van der Waals surface area contributed by atoms with Gasteiger partial charge in [0.1, 0.15) is 5.75 Å². The molecule has 4 heteroatoms. The van der Waals surface area contributed by atoms with Crippen LogP contribution in [0.15, 0.2) is 24.3 Å². The molecule has 2 N–H and O–H groups in total. The first kappa shape index (κ1) is 10.2. The average Bonchev–Trinajstić information content (AvgIpc) is 2.17. The van der Waals surface area contributed by atoms with Gasteiger partial charge in [-0.3, -0.25) is 10.8 Å². The van der Waals surface area contributed by atoms with Gasteiger partial charge < -0.3 is 9.47 Å². The molecule has 0 amide bonds. The van der Waals surface area contributed by atoms with Gasteiger partial charge in [-0.2, -0.15) is 0 Å². The molecular formula is C10H12N2O2. The lowest BCUT2D eigenvalue weighted by Gasteiger charge is -2.05. The van der Waals surface area contributed by atoms with Gasteiger partial charge in [-0.05, 0) is 24.3 Å². The van der Waals surface area contributed by atoms with E-state index in [1.54, 1.807) is 31.4 Å². The normalized spacial score (nSPS) is 9.29. The van der Waals surface area contributed by atoms with E-state index in [0.717, 1.165) is 5.75 Å². The lowest BCUT2D eigenvalue weighted by Crippen LogP contribution is -2.08. The Hall–Kier alpha value is -1.84. The van der Waals surface area contributed by atoms with E-state index < -0.39 is 0 Å². The van der Waals surface area contributed by atoms with Crippen molar-refractivity contribution in [1.82, 2.24) is 0 Å². The summed E-state index contributed by atoms with van der Waals surface area (Å²) in [6.07, 6.45) is 0. The molecule has 0 saturated heterocycles. The monoisotopic (exact) mass is 192 g/mol. The van der Waals surface area contributed by atoms with Crippen molar-refractivity contribution in [3.05, 3.63) is 29.8 Å². The minimum absolute atomic E-state index is 0.00539. The summed E-state index contributed by atoms with van der Waals surface area (Å²) in [5.41, 5.74) is 0.623. The lowest BCUT2D eigenvalue weighted by molar-refractivity contribution is 0.414. The molecule has 0 fully saturated rings. The molecule has 0 aliphatic rings. The number of ether oxygens (including phenoxy) is 2. The van der Waals surface area contributed by atoms with Crippen molar-refractivity contribution >= 4 is 11.8 Å². The van der Waals surface area contributed by atoms with Crippen molar-refractivity contribution < 1.29 is 9.47 Å². The molecule has 0 heterocycles. The minimum atomic E-state index is -0.0276. The minimum Gasteiger partial charge on any atom is -0.497 e. The third-order valence-corrected chi connectivity index (χ3v) is 1.61. The van der Waals surface area contributed by atoms with Gasteiger partial charge in [-0.1, -0.05) is 0 Å². The molecule has 0 spiro atoms. The van der Waals surface area contributed by atoms with Gasteiger partial charge in [0.15, 0.2) is 5.90 Å². The molecule has 0 aliphatic carbocycles. The van der Waals surface area contributed by atoms with E-state index in [-0.39, 0.29) is 11.8 Å². The van der Waals surface area contributed by atoms with E-state index >= 15 is 0 Å². The molecule has 0 bridgehead atoms. The van der Waals surface area contributed by atoms with Gasteiger partial charge >= 0.3 is 0 Å². The first-order chi connectivity index (χ1) is 6.63. The summed E-state index contributed by atoms with van der Waals surface area (Å²) in [6, 6.07) is 6.91. The van der Waals surface area contributed by atoms with Crippen LogP contribution in [0.1, 0.15) is 12.5 Å². The average molecular weight is 192 g/mol. The Morgan fingerprint density at radius 1 is 1.14 bits per heavy atom. The summed E-state index contributed by atoms with van der Waals surface area (Å²) in [7, 11) is 1.58. The van der Waals surface area contributed by atoms with E-state index in [1.165, 1.54) is 6.92 Å².